The highest BCUT2D eigenvalue weighted by Crippen LogP contribution is 2.51. The number of aromatic amines is 1. The van der Waals surface area contributed by atoms with Gasteiger partial charge < -0.3 is 40.6 Å². The van der Waals surface area contributed by atoms with Crippen molar-refractivity contribution < 1.29 is 38.0 Å². The van der Waals surface area contributed by atoms with Gasteiger partial charge in [0.15, 0.2) is 29.2 Å². The zero-order valence-electron chi connectivity index (χ0n) is 21.5. The molecule has 0 amide bonds. The Kier molecular flexibility index (Phi) is 7.66. The maximum Gasteiger partial charge on any atom is 0.325 e. The Labute approximate surface area is 239 Å². The second-order valence-electron chi connectivity index (χ2n) is 9.66. The van der Waals surface area contributed by atoms with Crippen molar-refractivity contribution in [1.82, 2.24) is 39.1 Å². The van der Waals surface area contributed by atoms with Crippen LogP contribution in [0.1, 0.15) is 30.7 Å². The van der Waals surface area contributed by atoms with Crippen LogP contribution in [0.3, 0.4) is 0 Å². The maximum atomic E-state index is 15.5. The molecule has 2 saturated heterocycles. The van der Waals surface area contributed by atoms with Gasteiger partial charge in [0.25, 0.3) is 5.56 Å². The number of nitrogens with zero attached hydrogens (tertiary/aromatic N) is 7. The van der Waals surface area contributed by atoms with E-state index in [0.717, 1.165) is 0 Å². The molecule has 2 aliphatic heterocycles. The molecule has 0 spiro atoms. The number of hydrogen-bond donors (Lipinski definition) is 6. The number of H-pyrrole nitrogens is 1. The molecular formula is C21H26FN10O8PS. The first-order valence-electron chi connectivity index (χ1n) is 12.6. The van der Waals surface area contributed by atoms with E-state index in [2.05, 4.69) is 30.0 Å². The summed E-state index contributed by atoms with van der Waals surface area (Å²) >= 11 is 5.17. The van der Waals surface area contributed by atoms with Gasteiger partial charge in [0.2, 0.25) is 11.9 Å². The third kappa shape index (κ3) is 5.25. The van der Waals surface area contributed by atoms with Gasteiger partial charge in [0, 0.05) is 18.6 Å². The van der Waals surface area contributed by atoms with Gasteiger partial charge in [-0.3, -0.25) is 18.9 Å². The number of ether oxygens (including phenoxy) is 2. The predicted molar refractivity (Wildman–Crippen MR) is 144 cm³/mol. The summed E-state index contributed by atoms with van der Waals surface area (Å²) in [6, 6.07) is 0. The van der Waals surface area contributed by atoms with Gasteiger partial charge in [-0.15, -0.1) is 0 Å². The lowest BCUT2D eigenvalue weighted by atomic mass is 10.1. The Balaban J connectivity index is 1.18. The molecule has 21 heteroatoms. The molecule has 0 aliphatic carbocycles. The summed E-state index contributed by atoms with van der Waals surface area (Å²) in [5.41, 5.74) is 11.7. The largest absolute Gasteiger partial charge is 0.396 e. The van der Waals surface area contributed by atoms with Gasteiger partial charge in [-0.2, -0.15) is 14.6 Å². The minimum absolute atomic E-state index is 0.0212. The summed E-state index contributed by atoms with van der Waals surface area (Å²) in [5.74, 6) is -0.0865. The minimum Gasteiger partial charge on any atom is -0.396 e. The monoisotopic (exact) mass is 628 g/mol. The third-order valence-corrected chi connectivity index (χ3v) is 8.55. The number of alkyl halides is 1. The lowest BCUT2D eigenvalue weighted by molar-refractivity contribution is -0.0436. The van der Waals surface area contributed by atoms with E-state index < -0.39 is 68.4 Å². The highest BCUT2D eigenvalue weighted by Gasteiger charge is 2.50. The van der Waals surface area contributed by atoms with Crippen LogP contribution in [0.25, 0.3) is 16.8 Å². The molecule has 8 N–H and O–H groups in total. The molecule has 2 fully saturated rings. The SMILES string of the molecule is Nc1nc2c(ncn2[C@@H]2O[C@H](CCO)[C@@H](F)[C@H]2OP(O)(=S)OC[C@H]2O[C@@H](c3cnn4c(N)ncnc34)C[C@@H]2O)c(=O)[nH]1. The molecule has 1 unspecified atom stereocenters. The smallest absolute Gasteiger partial charge is 0.325 e. The maximum absolute atomic E-state index is 15.5. The van der Waals surface area contributed by atoms with E-state index in [0.29, 0.717) is 11.2 Å². The van der Waals surface area contributed by atoms with Crippen molar-refractivity contribution >= 4 is 47.2 Å². The summed E-state index contributed by atoms with van der Waals surface area (Å²) in [7, 11) is 0. The normalized spacial score (nSPS) is 29.5. The minimum atomic E-state index is -4.19. The molecule has 0 saturated carbocycles. The number of aromatic nitrogens is 8. The van der Waals surface area contributed by atoms with E-state index in [9.17, 15) is 19.9 Å². The third-order valence-electron chi connectivity index (χ3n) is 6.99. The molecule has 4 aromatic rings. The summed E-state index contributed by atoms with van der Waals surface area (Å²) in [6.07, 6.45) is -4.44. The Hall–Kier alpha value is -3.20. The van der Waals surface area contributed by atoms with Gasteiger partial charge in [-0.25, -0.2) is 19.3 Å². The number of halogens is 1. The molecule has 8 atom stereocenters. The number of hydrogen-bond acceptors (Lipinski definition) is 15. The molecule has 2 aliphatic rings. The van der Waals surface area contributed by atoms with Crippen molar-refractivity contribution in [2.24, 2.45) is 0 Å². The number of rotatable bonds is 9. The van der Waals surface area contributed by atoms with Gasteiger partial charge in [0.1, 0.15) is 18.5 Å². The summed E-state index contributed by atoms with van der Waals surface area (Å²) in [6.45, 7) is -4.97. The lowest BCUT2D eigenvalue weighted by Gasteiger charge is -2.26. The number of fused-ring (bicyclic) bond motifs is 2. The molecule has 226 valence electrons. The van der Waals surface area contributed by atoms with Crippen LogP contribution in [0.5, 0.6) is 0 Å². The molecular weight excluding hydrogens is 602 g/mol. The fourth-order valence-corrected chi connectivity index (χ4v) is 6.43. The van der Waals surface area contributed by atoms with Crippen LogP contribution < -0.4 is 17.0 Å². The van der Waals surface area contributed by atoms with Crippen molar-refractivity contribution in [3.05, 3.63) is 34.8 Å². The quantitative estimate of drug-likeness (QED) is 0.120. The summed E-state index contributed by atoms with van der Waals surface area (Å²) in [5, 5.41) is 24.2. The van der Waals surface area contributed by atoms with Crippen LogP contribution in [0.15, 0.2) is 23.6 Å². The number of imidazole rings is 1. The van der Waals surface area contributed by atoms with E-state index in [1.165, 1.54) is 27.9 Å². The molecule has 0 bridgehead atoms. The Morgan fingerprint density at radius 1 is 1.24 bits per heavy atom. The molecule has 4 aromatic heterocycles. The fourth-order valence-electron chi connectivity index (χ4n) is 5.03. The summed E-state index contributed by atoms with van der Waals surface area (Å²) < 4.78 is 40.9. The second-order valence-corrected chi connectivity index (χ2v) is 12.5. The number of nitrogen functional groups attached to an aromatic ring is 2. The standard InChI is InChI=1S/C21H26FN10O8PS/c22-13-10(1-2-33)39-19(31-7-27-14-17(31)29-20(23)30-18(14)35)15(13)40-41(36,42)37-5-12-9(34)3-11(38-12)8-4-28-32-16(8)25-6-26-21(32)24/h4,6-7,9-13,15,19,33-34H,1-3,5H2,(H,36,42)(H2,24,25,26)(H3,23,29,30,35)/t9-,10+,11+,12+,13+,15+,19+,41?/m0/s1. The highest BCUT2D eigenvalue weighted by atomic mass is 32.5. The molecule has 42 heavy (non-hydrogen) atoms. The first-order chi connectivity index (χ1) is 20.1. The Bertz CT molecular complexity index is 1720. The van der Waals surface area contributed by atoms with E-state index in [-0.39, 0.29) is 35.9 Å². The molecule has 6 heterocycles. The van der Waals surface area contributed by atoms with Gasteiger partial charge in [-0.1, -0.05) is 0 Å². The zero-order chi connectivity index (χ0) is 29.8. The number of aliphatic hydroxyl groups excluding tert-OH is 2. The molecule has 6 rings (SSSR count). The van der Waals surface area contributed by atoms with Crippen molar-refractivity contribution in [3.63, 3.8) is 0 Å². The number of nitrogens with two attached hydrogens (primary N) is 2. The van der Waals surface area contributed by atoms with Crippen LogP contribution >= 0.6 is 6.72 Å². The molecule has 0 aromatic carbocycles. The number of aliphatic hydroxyl groups is 2. The molecule has 18 nitrogen and oxygen atoms in total. The van der Waals surface area contributed by atoms with Gasteiger partial charge >= 0.3 is 6.72 Å². The fraction of sp³-hybridized carbons (Fsp3) is 0.524. The summed E-state index contributed by atoms with van der Waals surface area (Å²) in [4.78, 5) is 41.5. The van der Waals surface area contributed by atoms with Crippen molar-refractivity contribution in [1.29, 1.82) is 0 Å². The lowest BCUT2D eigenvalue weighted by Crippen LogP contribution is -2.32. The van der Waals surface area contributed by atoms with Crippen LogP contribution in [0.2, 0.25) is 0 Å². The van der Waals surface area contributed by atoms with Crippen LogP contribution in [0.4, 0.5) is 16.3 Å². The zero-order valence-corrected chi connectivity index (χ0v) is 23.2. The van der Waals surface area contributed by atoms with E-state index in [4.69, 9.17) is 41.8 Å². The van der Waals surface area contributed by atoms with Crippen molar-refractivity contribution in [2.75, 3.05) is 24.7 Å². The van der Waals surface area contributed by atoms with E-state index in [1.54, 1.807) is 0 Å². The Morgan fingerprint density at radius 3 is 2.83 bits per heavy atom. The van der Waals surface area contributed by atoms with Crippen molar-refractivity contribution in [2.45, 2.75) is 55.8 Å². The van der Waals surface area contributed by atoms with Crippen LogP contribution in [-0.2, 0) is 30.3 Å². The average molecular weight is 629 g/mol. The highest BCUT2D eigenvalue weighted by molar-refractivity contribution is 8.07. The molecule has 0 radical (unpaired) electrons. The predicted octanol–water partition coefficient (Wildman–Crippen LogP) is -1.15. The number of anilines is 2. The van der Waals surface area contributed by atoms with Gasteiger partial charge in [-0.05, 0) is 18.2 Å². The van der Waals surface area contributed by atoms with Gasteiger partial charge in [0.05, 0.1) is 37.4 Å². The number of nitrogens with one attached hydrogen (secondary N) is 1. The van der Waals surface area contributed by atoms with E-state index >= 15 is 4.39 Å². The van der Waals surface area contributed by atoms with Crippen LogP contribution in [-0.4, -0.2) is 98.0 Å². The first kappa shape index (κ1) is 28.9. The van der Waals surface area contributed by atoms with Crippen molar-refractivity contribution in [3.8, 4) is 0 Å². The van der Waals surface area contributed by atoms with Crippen LogP contribution in [0, 0.1) is 0 Å². The Morgan fingerprint density at radius 2 is 2.05 bits per heavy atom. The van der Waals surface area contributed by atoms with E-state index in [1.807, 2.05) is 0 Å². The second kappa shape index (κ2) is 11.1. The topological polar surface area (TPSA) is 256 Å². The average Bonchev–Trinajstić information content (AvgIpc) is 3.70. The first-order valence-corrected chi connectivity index (χ1v) is 15.2.